The predicted octanol–water partition coefficient (Wildman–Crippen LogP) is 1.38. The zero-order valence-corrected chi connectivity index (χ0v) is 8.23. The number of aryl methyl sites for hydroxylation is 1. The Labute approximate surface area is 79.9 Å². The number of aliphatic carboxylic acids is 1. The lowest BCUT2D eigenvalue weighted by atomic mass is 10.2. The van der Waals surface area contributed by atoms with Gasteiger partial charge < -0.3 is 5.11 Å². The van der Waals surface area contributed by atoms with Gasteiger partial charge in [-0.25, -0.2) is 4.98 Å². The third-order valence-corrected chi connectivity index (χ3v) is 2.58. The standard InChI is InChI=1S/C7H9NO2S2/c1-4-8-5(3-12-4)2-6(11)7(9)10/h3,6,11H,2H2,1H3,(H,9,10). The largest absolute Gasteiger partial charge is 0.480 e. The van der Waals surface area contributed by atoms with Crippen molar-refractivity contribution in [3.8, 4) is 0 Å². The van der Waals surface area contributed by atoms with Crippen LogP contribution in [0.5, 0.6) is 0 Å². The van der Waals surface area contributed by atoms with Crippen LogP contribution in [-0.2, 0) is 11.2 Å². The highest BCUT2D eigenvalue weighted by Crippen LogP contribution is 2.12. The summed E-state index contributed by atoms with van der Waals surface area (Å²) in [5.74, 6) is -0.899. The van der Waals surface area contributed by atoms with E-state index in [0.717, 1.165) is 10.7 Å². The van der Waals surface area contributed by atoms with Crippen molar-refractivity contribution in [2.24, 2.45) is 0 Å². The van der Waals surface area contributed by atoms with Gasteiger partial charge in [0.2, 0.25) is 0 Å². The summed E-state index contributed by atoms with van der Waals surface area (Å²) in [6.07, 6.45) is 0.392. The van der Waals surface area contributed by atoms with E-state index in [0.29, 0.717) is 6.42 Å². The number of carboxylic acids is 1. The van der Waals surface area contributed by atoms with Crippen LogP contribution in [0.15, 0.2) is 5.38 Å². The predicted molar refractivity (Wildman–Crippen MR) is 51.0 cm³/mol. The van der Waals surface area contributed by atoms with Gasteiger partial charge in [-0.1, -0.05) is 0 Å². The van der Waals surface area contributed by atoms with Crippen molar-refractivity contribution in [1.29, 1.82) is 0 Å². The van der Waals surface area contributed by atoms with Crippen LogP contribution in [0.1, 0.15) is 10.7 Å². The van der Waals surface area contributed by atoms with E-state index in [4.69, 9.17) is 5.11 Å². The Hall–Kier alpha value is -0.550. The lowest BCUT2D eigenvalue weighted by molar-refractivity contribution is -0.136. The molecule has 0 aromatic carbocycles. The number of hydrogen-bond donors (Lipinski definition) is 2. The zero-order valence-electron chi connectivity index (χ0n) is 6.52. The zero-order chi connectivity index (χ0) is 9.14. The van der Waals surface area contributed by atoms with Gasteiger partial charge in [0.15, 0.2) is 0 Å². The number of hydrogen-bond acceptors (Lipinski definition) is 4. The van der Waals surface area contributed by atoms with E-state index >= 15 is 0 Å². The van der Waals surface area contributed by atoms with E-state index in [9.17, 15) is 4.79 Å². The van der Waals surface area contributed by atoms with Crippen molar-refractivity contribution in [1.82, 2.24) is 4.98 Å². The van der Waals surface area contributed by atoms with Crippen LogP contribution in [0.4, 0.5) is 0 Å². The fourth-order valence-corrected chi connectivity index (χ4v) is 1.60. The van der Waals surface area contributed by atoms with Crippen molar-refractivity contribution < 1.29 is 9.90 Å². The third kappa shape index (κ3) is 2.49. The number of thiazole rings is 1. The molecule has 0 saturated heterocycles. The number of carbonyl (C=O) groups is 1. The maximum atomic E-state index is 10.4. The van der Waals surface area contributed by atoms with Gasteiger partial charge in [-0.2, -0.15) is 12.6 Å². The van der Waals surface area contributed by atoms with E-state index in [-0.39, 0.29) is 0 Å². The average Bonchev–Trinajstić information content (AvgIpc) is 2.35. The van der Waals surface area contributed by atoms with Crippen LogP contribution in [0.25, 0.3) is 0 Å². The van der Waals surface area contributed by atoms with Gasteiger partial charge in [-0.05, 0) is 6.92 Å². The highest BCUT2D eigenvalue weighted by atomic mass is 32.1. The highest BCUT2D eigenvalue weighted by molar-refractivity contribution is 7.81. The fourth-order valence-electron chi connectivity index (χ4n) is 0.787. The molecule has 0 fully saturated rings. The lowest BCUT2D eigenvalue weighted by Crippen LogP contribution is -2.16. The topological polar surface area (TPSA) is 50.2 Å². The third-order valence-electron chi connectivity index (χ3n) is 1.35. The first-order chi connectivity index (χ1) is 5.59. The van der Waals surface area contributed by atoms with Crippen molar-refractivity contribution in [3.63, 3.8) is 0 Å². The van der Waals surface area contributed by atoms with Gasteiger partial charge in [0, 0.05) is 11.8 Å². The molecule has 1 rings (SSSR count). The number of nitrogens with zero attached hydrogens (tertiary/aromatic N) is 1. The molecule has 1 N–H and O–H groups in total. The van der Waals surface area contributed by atoms with Crippen LogP contribution in [0.3, 0.4) is 0 Å². The van der Waals surface area contributed by atoms with Crippen LogP contribution >= 0.6 is 24.0 Å². The normalized spacial score (nSPS) is 12.8. The molecule has 12 heavy (non-hydrogen) atoms. The minimum atomic E-state index is -0.899. The summed E-state index contributed by atoms with van der Waals surface area (Å²) in [7, 11) is 0. The Kier molecular flexibility index (Phi) is 3.11. The second-order valence-electron chi connectivity index (χ2n) is 2.42. The van der Waals surface area contributed by atoms with E-state index in [1.165, 1.54) is 11.3 Å². The number of thiol groups is 1. The molecule has 0 bridgehead atoms. The average molecular weight is 203 g/mol. The molecule has 0 amide bonds. The van der Waals surface area contributed by atoms with Gasteiger partial charge in [0.1, 0.15) is 5.25 Å². The molecule has 66 valence electrons. The first-order valence-corrected chi connectivity index (χ1v) is 4.81. The molecule has 0 aliphatic heterocycles. The maximum absolute atomic E-state index is 10.4. The molecule has 0 saturated carbocycles. The highest BCUT2D eigenvalue weighted by Gasteiger charge is 2.13. The number of carboxylic acid groups (broad SMARTS) is 1. The molecule has 1 aromatic rings. The smallest absolute Gasteiger partial charge is 0.316 e. The van der Waals surface area contributed by atoms with Crippen LogP contribution in [0.2, 0.25) is 0 Å². The van der Waals surface area contributed by atoms with Gasteiger partial charge in [-0.15, -0.1) is 11.3 Å². The SMILES string of the molecule is Cc1nc(CC(S)C(=O)O)cs1. The van der Waals surface area contributed by atoms with Crippen LogP contribution in [-0.4, -0.2) is 21.3 Å². The second-order valence-corrected chi connectivity index (χ2v) is 4.10. The summed E-state index contributed by atoms with van der Waals surface area (Å²) in [5, 5.41) is 10.7. The molecule has 0 aliphatic rings. The maximum Gasteiger partial charge on any atom is 0.316 e. The van der Waals surface area contributed by atoms with Gasteiger partial charge in [-0.3, -0.25) is 4.79 Å². The van der Waals surface area contributed by atoms with Crippen LogP contribution < -0.4 is 0 Å². The summed E-state index contributed by atoms with van der Waals surface area (Å²) in [4.78, 5) is 14.5. The molecule has 0 radical (unpaired) electrons. The van der Waals surface area contributed by atoms with Crippen molar-refractivity contribution in [3.05, 3.63) is 16.1 Å². The lowest BCUT2D eigenvalue weighted by Gasteiger charge is -2.00. The molecule has 1 atom stereocenters. The minimum absolute atomic E-state index is 0.392. The molecular formula is C7H9NO2S2. The molecule has 0 aliphatic carbocycles. The van der Waals surface area contributed by atoms with Gasteiger partial charge in [0.05, 0.1) is 10.7 Å². The number of rotatable bonds is 3. The first-order valence-electron chi connectivity index (χ1n) is 3.41. The summed E-state index contributed by atoms with van der Waals surface area (Å²) in [6.45, 7) is 1.89. The molecule has 3 nitrogen and oxygen atoms in total. The van der Waals surface area contributed by atoms with Gasteiger partial charge in [0.25, 0.3) is 0 Å². The Morgan fingerprint density at radius 1 is 1.92 bits per heavy atom. The Morgan fingerprint density at radius 2 is 2.58 bits per heavy atom. The van der Waals surface area contributed by atoms with E-state index < -0.39 is 11.2 Å². The van der Waals surface area contributed by atoms with Crippen molar-refractivity contribution in [2.75, 3.05) is 0 Å². The van der Waals surface area contributed by atoms with Gasteiger partial charge >= 0.3 is 5.97 Å². The summed E-state index contributed by atoms with van der Waals surface area (Å²) in [6, 6.07) is 0. The van der Waals surface area contributed by atoms with Crippen molar-refractivity contribution >= 4 is 29.9 Å². The summed E-state index contributed by atoms with van der Waals surface area (Å²) in [5.41, 5.74) is 0.805. The first kappa shape index (κ1) is 9.54. The molecule has 1 heterocycles. The number of aromatic nitrogens is 1. The quantitative estimate of drug-likeness (QED) is 0.730. The van der Waals surface area contributed by atoms with Crippen LogP contribution in [0, 0.1) is 6.92 Å². The summed E-state index contributed by atoms with van der Waals surface area (Å²) >= 11 is 5.43. The molecule has 1 unspecified atom stereocenters. The Balaban J connectivity index is 2.58. The van der Waals surface area contributed by atoms with E-state index in [1.807, 2.05) is 12.3 Å². The molecular weight excluding hydrogens is 194 g/mol. The molecule has 1 aromatic heterocycles. The minimum Gasteiger partial charge on any atom is -0.480 e. The monoisotopic (exact) mass is 203 g/mol. The molecule has 0 spiro atoms. The van der Waals surface area contributed by atoms with E-state index in [2.05, 4.69) is 17.6 Å². The van der Waals surface area contributed by atoms with Crippen molar-refractivity contribution in [2.45, 2.75) is 18.6 Å². The second kappa shape index (κ2) is 3.91. The van der Waals surface area contributed by atoms with E-state index in [1.54, 1.807) is 0 Å². The Bertz CT molecular complexity index is 285. The fraction of sp³-hybridized carbons (Fsp3) is 0.429. The molecule has 5 heteroatoms. The summed E-state index contributed by atoms with van der Waals surface area (Å²) < 4.78 is 0. The Morgan fingerprint density at radius 3 is 3.00 bits per heavy atom.